The van der Waals surface area contributed by atoms with Crippen LogP contribution in [0.4, 0.5) is 0 Å². The van der Waals surface area contributed by atoms with Crippen LogP contribution in [0.2, 0.25) is 0 Å². The second-order valence-corrected chi connectivity index (χ2v) is 5.80. The van der Waals surface area contributed by atoms with Gasteiger partial charge in [-0.2, -0.15) is 5.26 Å². The lowest BCUT2D eigenvalue weighted by Crippen LogP contribution is -2.12. The average molecular weight is 253 g/mol. The molecule has 0 bridgehead atoms. The highest BCUT2D eigenvalue weighted by Gasteiger charge is 2.22. The van der Waals surface area contributed by atoms with Crippen LogP contribution < -0.4 is 0 Å². The molecule has 0 aliphatic rings. The van der Waals surface area contributed by atoms with Gasteiger partial charge in [-0.25, -0.2) is 8.42 Å². The molecule has 0 amide bonds. The van der Waals surface area contributed by atoms with Gasteiger partial charge < -0.3 is 5.11 Å². The van der Waals surface area contributed by atoms with Crippen LogP contribution >= 0.6 is 0 Å². The van der Waals surface area contributed by atoms with Crippen molar-refractivity contribution in [1.29, 1.82) is 5.26 Å². The van der Waals surface area contributed by atoms with Gasteiger partial charge in [-0.15, -0.1) is 0 Å². The number of aliphatic hydroxyl groups excluding tert-OH is 1. The summed E-state index contributed by atoms with van der Waals surface area (Å²) in [6.07, 6.45) is 0.521. The molecule has 0 fully saturated rings. The highest BCUT2D eigenvalue weighted by molar-refractivity contribution is 7.91. The fraction of sp³-hybridized carbons (Fsp3) is 0.417. The lowest BCUT2D eigenvalue weighted by atomic mass is 10.0. The van der Waals surface area contributed by atoms with Crippen LogP contribution in [0.5, 0.6) is 0 Å². The van der Waals surface area contributed by atoms with Crippen molar-refractivity contribution in [2.24, 2.45) is 0 Å². The Morgan fingerprint density at radius 2 is 2.06 bits per heavy atom. The first kappa shape index (κ1) is 13.7. The van der Waals surface area contributed by atoms with E-state index in [1.165, 1.54) is 6.07 Å². The fourth-order valence-electron chi connectivity index (χ4n) is 1.64. The number of rotatable bonds is 5. The molecule has 0 saturated heterocycles. The van der Waals surface area contributed by atoms with E-state index in [2.05, 4.69) is 0 Å². The van der Waals surface area contributed by atoms with Crippen molar-refractivity contribution in [3.63, 3.8) is 0 Å². The summed E-state index contributed by atoms with van der Waals surface area (Å²) in [5.41, 5.74) is 0.381. The van der Waals surface area contributed by atoms with E-state index in [1.54, 1.807) is 25.1 Å². The van der Waals surface area contributed by atoms with Gasteiger partial charge in [0, 0.05) is 0 Å². The van der Waals surface area contributed by atoms with Gasteiger partial charge in [-0.05, 0) is 18.1 Å². The molecule has 0 spiro atoms. The summed E-state index contributed by atoms with van der Waals surface area (Å²) in [6, 6.07) is 8.26. The SMILES string of the molecule is CCCS(=O)(=O)c1ccccc1C(C#N)CO. The Bertz CT molecular complexity index is 517. The highest BCUT2D eigenvalue weighted by atomic mass is 32.2. The Morgan fingerprint density at radius 3 is 2.59 bits per heavy atom. The molecule has 1 aromatic carbocycles. The van der Waals surface area contributed by atoms with Crippen molar-refractivity contribution in [1.82, 2.24) is 0 Å². The molecule has 1 rings (SSSR count). The Morgan fingerprint density at radius 1 is 1.41 bits per heavy atom. The summed E-state index contributed by atoms with van der Waals surface area (Å²) in [5.74, 6) is -0.744. The molecule has 92 valence electrons. The average Bonchev–Trinajstić information content (AvgIpc) is 2.31. The predicted molar refractivity (Wildman–Crippen MR) is 64.2 cm³/mol. The number of benzene rings is 1. The maximum absolute atomic E-state index is 12.0. The highest BCUT2D eigenvalue weighted by Crippen LogP contribution is 2.24. The first-order chi connectivity index (χ1) is 8.06. The van der Waals surface area contributed by atoms with Gasteiger partial charge in [0.2, 0.25) is 0 Å². The minimum absolute atomic E-state index is 0.0492. The molecular formula is C12H15NO3S. The van der Waals surface area contributed by atoms with E-state index in [0.717, 1.165) is 0 Å². The smallest absolute Gasteiger partial charge is 0.178 e. The number of hydrogen-bond donors (Lipinski definition) is 1. The summed E-state index contributed by atoms with van der Waals surface area (Å²) in [7, 11) is -3.37. The summed E-state index contributed by atoms with van der Waals surface area (Å²) >= 11 is 0. The van der Waals surface area contributed by atoms with Crippen molar-refractivity contribution in [3.05, 3.63) is 29.8 Å². The normalized spacial score (nSPS) is 13.0. The molecule has 0 aromatic heterocycles. The predicted octanol–water partition coefficient (Wildman–Crippen LogP) is 1.47. The lowest BCUT2D eigenvalue weighted by molar-refractivity contribution is 0.285. The Kier molecular flexibility index (Phi) is 4.67. The zero-order valence-electron chi connectivity index (χ0n) is 9.63. The van der Waals surface area contributed by atoms with E-state index < -0.39 is 15.8 Å². The third kappa shape index (κ3) is 3.05. The molecule has 0 heterocycles. The van der Waals surface area contributed by atoms with Gasteiger partial charge in [0.1, 0.15) is 0 Å². The van der Waals surface area contributed by atoms with Crippen molar-refractivity contribution >= 4 is 9.84 Å². The third-order valence-electron chi connectivity index (χ3n) is 2.44. The molecule has 1 atom stereocenters. The van der Waals surface area contributed by atoms with Crippen molar-refractivity contribution in [2.45, 2.75) is 24.2 Å². The first-order valence-corrected chi connectivity index (χ1v) is 7.04. The van der Waals surface area contributed by atoms with Gasteiger partial charge in [0.15, 0.2) is 9.84 Å². The maximum Gasteiger partial charge on any atom is 0.178 e. The van der Waals surface area contributed by atoms with Crippen LogP contribution in [0, 0.1) is 11.3 Å². The van der Waals surface area contributed by atoms with E-state index >= 15 is 0 Å². The molecule has 1 aromatic rings. The molecular weight excluding hydrogens is 238 g/mol. The Hall–Kier alpha value is -1.38. The molecule has 0 radical (unpaired) electrons. The number of nitriles is 1. The third-order valence-corrected chi connectivity index (χ3v) is 4.43. The zero-order valence-corrected chi connectivity index (χ0v) is 10.4. The van der Waals surface area contributed by atoms with Gasteiger partial charge in [0.25, 0.3) is 0 Å². The van der Waals surface area contributed by atoms with Crippen LogP contribution in [-0.4, -0.2) is 25.9 Å². The first-order valence-electron chi connectivity index (χ1n) is 5.39. The minimum Gasteiger partial charge on any atom is -0.395 e. The van der Waals surface area contributed by atoms with Crippen molar-refractivity contribution < 1.29 is 13.5 Å². The van der Waals surface area contributed by atoms with E-state index in [0.29, 0.717) is 12.0 Å². The van der Waals surface area contributed by atoms with Gasteiger partial charge in [-0.1, -0.05) is 25.1 Å². The van der Waals surface area contributed by atoms with Crippen LogP contribution in [0.3, 0.4) is 0 Å². The largest absolute Gasteiger partial charge is 0.395 e. The summed E-state index contributed by atoms with van der Waals surface area (Å²) in [4.78, 5) is 0.155. The van der Waals surface area contributed by atoms with Crippen molar-refractivity contribution in [3.8, 4) is 6.07 Å². The van der Waals surface area contributed by atoms with Crippen LogP contribution in [-0.2, 0) is 9.84 Å². The lowest BCUT2D eigenvalue weighted by Gasteiger charge is -2.12. The Balaban J connectivity index is 3.31. The molecule has 4 nitrogen and oxygen atoms in total. The quantitative estimate of drug-likeness (QED) is 0.862. The number of nitrogens with zero attached hydrogens (tertiary/aromatic N) is 1. The van der Waals surface area contributed by atoms with Crippen LogP contribution in [0.1, 0.15) is 24.8 Å². The van der Waals surface area contributed by atoms with Crippen LogP contribution in [0.25, 0.3) is 0 Å². The van der Waals surface area contributed by atoms with Crippen molar-refractivity contribution in [2.75, 3.05) is 12.4 Å². The zero-order chi connectivity index (χ0) is 12.9. The standard InChI is InChI=1S/C12H15NO3S/c1-2-7-17(15,16)12-6-4-3-5-11(12)10(8-13)9-14/h3-6,10,14H,2,7,9H2,1H3. The fourth-order valence-corrected chi connectivity index (χ4v) is 3.25. The molecule has 0 aliphatic heterocycles. The molecule has 0 aliphatic carbocycles. The molecule has 0 saturated carbocycles. The summed E-state index contributed by atoms with van der Waals surface area (Å²) in [6.45, 7) is 1.41. The molecule has 17 heavy (non-hydrogen) atoms. The molecule has 5 heteroatoms. The van der Waals surface area contributed by atoms with E-state index in [1.807, 2.05) is 6.07 Å². The van der Waals surface area contributed by atoms with Gasteiger partial charge in [-0.3, -0.25) is 0 Å². The van der Waals surface area contributed by atoms with E-state index in [9.17, 15) is 8.42 Å². The van der Waals surface area contributed by atoms with E-state index in [4.69, 9.17) is 10.4 Å². The molecule has 1 unspecified atom stereocenters. The molecule has 1 N–H and O–H groups in total. The Labute approximate surface area is 101 Å². The second kappa shape index (κ2) is 5.80. The maximum atomic E-state index is 12.0. The van der Waals surface area contributed by atoms with Gasteiger partial charge in [0.05, 0.1) is 29.2 Å². The van der Waals surface area contributed by atoms with Crippen LogP contribution in [0.15, 0.2) is 29.2 Å². The van der Waals surface area contributed by atoms with Gasteiger partial charge >= 0.3 is 0 Å². The topological polar surface area (TPSA) is 78.2 Å². The summed E-state index contributed by atoms with van der Waals surface area (Å²) < 4.78 is 24.0. The number of aliphatic hydroxyl groups is 1. The summed E-state index contributed by atoms with van der Waals surface area (Å²) in [5, 5.41) is 18.0. The number of hydrogen-bond acceptors (Lipinski definition) is 4. The van der Waals surface area contributed by atoms with E-state index in [-0.39, 0.29) is 17.3 Å². The number of sulfone groups is 1. The monoisotopic (exact) mass is 253 g/mol. The minimum atomic E-state index is -3.37. The second-order valence-electron chi connectivity index (χ2n) is 3.72.